The molecule has 0 amide bonds. The van der Waals surface area contributed by atoms with Crippen molar-refractivity contribution >= 4 is 43.2 Å². The average Bonchev–Trinajstić information content (AvgIpc) is 2.80. The summed E-state index contributed by atoms with van der Waals surface area (Å²) in [7, 11) is 0. The standard InChI is InChI=1S/C15H14Br2N4/c1-9-3-10(2)15(12(16)4-9)20-6-11-5-19-14-7-18-13(17)8-21(11)14/h3-5,7-8,20H,6H2,1-2H3. The van der Waals surface area contributed by atoms with E-state index in [1.807, 2.05) is 16.8 Å². The quantitative estimate of drug-likeness (QED) is 0.693. The molecule has 0 aliphatic heterocycles. The molecule has 2 heterocycles. The Morgan fingerprint density at radius 3 is 2.71 bits per heavy atom. The molecular weight excluding hydrogens is 396 g/mol. The van der Waals surface area contributed by atoms with Gasteiger partial charge in [0.1, 0.15) is 4.60 Å². The lowest BCUT2D eigenvalue weighted by atomic mass is 10.1. The molecule has 0 bridgehead atoms. The number of hydrogen-bond acceptors (Lipinski definition) is 3. The number of imidazole rings is 1. The van der Waals surface area contributed by atoms with Crippen LogP contribution in [0, 0.1) is 13.8 Å². The van der Waals surface area contributed by atoms with Crippen LogP contribution in [0.15, 0.2) is 39.8 Å². The molecule has 0 aliphatic carbocycles. The SMILES string of the molecule is Cc1cc(C)c(NCc2cnc3cnc(Br)cn23)c(Br)c1. The van der Waals surface area contributed by atoms with E-state index in [0.717, 1.165) is 26.1 Å². The van der Waals surface area contributed by atoms with Crippen LogP contribution in [0.25, 0.3) is 5.65 Å². The van der Waals surface area contributed by atoms with Gasteiger partial charge in [-0.15, -0.1) is 0 Å². The highest BCUT2D eigenvalue weighted by Gasteiger charge is 2.08. The molecule has 0 radical (unpaired) electrons. The van der Waals surface area contributed by atoms with Crippen LogP contribution in [0.3, 0.4) is 0 Å². The van der Waals surface area contributed by atoms with Crippen molar-refractivity contribution in [2.45, 2.75) is 20.4 Å². The Hall–Kier alpha value is -1.40. The molecule has 0 fully saturated rings. The lowest BCUT2D eigenvalue weighted by Crippen LogP contribution is -2.05. The highest BCUT2D eigenvalue weighted by Crippen LogP contribution is 2.28. The van der Waals surface area contributed by atoms with E-state index in [1.54, 1.807) is 6.20 Å². The number of rotatable bonds is 3. The van der Waals surface area contributed by atoms with Gasteiger partial charge in [-0.2, -0.15) is 0 Å². The number of aryl methyl sites for hydroxylation is 2. The van der Waals surface area contributed by atoms with Crippen LogP contribution >= 0.6 is 31.9 Å². The Morgan fingerprint density at radius 1 is 1.14 bits per heavy atom. The van der Waals surface area contributed by atoms with Crippen LogP contribution in [0.1, 0.15) is 16.8 Å². The van der Waals surface area contributed by atoms with E-state index in [2.05, 4.69) is 73.1 Å². The lowest BCUT2D eigenvalue weighted by molar-refractivity contribution is 0.980. The second kappa shape index (κ2) is 5.77. The first kappa shape index (κ1) is 14.5. The molecule has 1 aromatic carbocycles. The predicted octanol–water partition coefficient (Wildman–Crippen LogP) is 4.48. The zero-order valence-electron chi connectivity index (χ0n) is 11.7. The molecule has 0 unspecified atom stereocenters. The van der Waals surface area contributed by atoms with Gasteiger partial charge in [-0.25, -0.2) is 9.97 Å². The van der Waals surface area contributed by atoms with Gasteiger partial charge in [0.25, 0.3) is 0 Å². The van der Waals surface area contributed by atoms with Crippen LogP contribution in [0.4, 0.5) is 5.69 Å². The first-order chi connectivity index (χ1) is 10.0. The number of benzene rings is 1. The summed E-state index contributed by atoms with van der Waals surface area (Å²) in [5.41, 5.74) is 5.51. The largest absolute Gasteiger partial charge is 0.378 e. The minimum Gasteiger partial charge on any atom is -0.378 e. The lowest BCUT2D eigenvalue weighted by Gasteiger charge is -2.12. The van der Waals surface area contributed by atoms with Gasteiger partial charge in [-0.1, -0.05) is 6.07 Å². The Kier molecular flexibility index (Phi) is 3.99. The van der Waals surface area contributed by atoms with Gasteiger partial charge >= 0.3 is 0 Å². The Bertz CT molecular complexity index is 788. The molecule has 6 heteroatoms. The second-order valence-electron chi connectivity index (χ2n) is 4.98. The topological polar surface area (TPSA) is 42.2 Å². The van der Waals surface area contributed by atoms with E-state index in [0.29, 0.717) is 6.54 Å². The molecule has 0 saturated carbocycles. The van der Waals surface area contributed by atoms with Gasteiger partial charge in [0, 0.05) is 10.7 Å². The zero-order valence-corrected chi connectivity index (χ0v) is 14.9. The molecule has 0 atom stereocenters. The fraction of sp³-hybridized carbons (Fsp3) is 0.200. The monoisotopic (exact) mass is 408 g/mol. The summed E-state index contributed by atoms with van der Waals surface area (Å²) >= 11 is 7.01. The number of anilines is 1. The number of nitrogens with zero attached hydrogens (tertiary/aromatic N) is 3. The van der Waals surface area contributed by atoms with Crippen LogP contribution in [-0.2, 0) is 6.54 Å². The third-order valence-corrected chi connectivity index (χ3v) is 4.35. The van der Waals surface area contributed by atoms with Gasteiger partial charge < -0.3 is 5.32 Å². The first-order valence-corrected chi connectivity index (χ1v) is 8.11. The summed E-state index contributed by atoms with van der Waals surface area (Å²) in [4.78, 5) is 8.54. The molecule has 0 saturated heterocycles. The van der Waals surface area contributed by atoms with E-state index in [1.165, 1.54) is 11.1 Å². The number of aromatic nitrogens is 3. The summed E-state index contributed by atoms with van der Waals surface area (Å²) in [5, 5.41) is 3.48. The van der Waals surface area contributed by atoms with Crippen molar-refractivity contribution in [2.75, 3.05) is 5.32 Å². The highest BCUT2D eigenvalue weighted by molar-refractivity contribution is 9.10. The van der Waals surface area contributed by atoms with Crippen molar-refractivity contribution in [3.63, 3.8) is 0 Å². The molecule has 21 heavy (non-hydrogen) atoms. The van der Waals surface area contributed by atoms with Crippen LogP contribution in [0.2, 0.25) is 0 Å². The third-order valence-electron chi connectivity index (χ3n) is 3.32. The Balaban J connectivity index is 1.89. The molecule has 1 N–H and O–H groups in total. The van der Waals surface area contributed by atoms with E-state index >= 15 is 0 Å². The zero-order chi connectivity index (χ0) is 15.0. The van der Waals surface area contributed by atoms with E-state index in [9.17, 15) is 0 Å². The first-order valence-electron chi connectivity index (χ1n) is 6.52. The second-order valence-corrected chi connectivity index (χ2v) is 6.65. The predicted molar refractivity (Wildman–Crippen MR) is 91.6 cm³/mol. The van der Waals surface area contributed by atoms with Crippen molar-refractivity contribution < 1.29 is 0 Å². The molecule has 3 rings (SSSR count). The molecule has 0 spiro atoms. The van der Waals surface area contributed by atoms with Crippen molar-refractivity contribution in [1.29, 1.82) is 0 Å². The van der Waals surface area contributed by atoms with Gasteiger partial charge in [-0.3, -0.25) is 4.40 Å². The van der Waals surface area contributed by atoms with Gasteiger partial charge in [0.2, 0.25) is 0 Å². The minimum absolute atomic E-state index is 0.695. The van der Waals surface area contributed by atoms with Crippen LogP contribution in [0.5, 0.6) is 0 Å². The van der Waals surface area contributed by atoms with E-state index < -0.39 is 0 Å². The van der Waals surface area contributed by atoms with Crippen molar-refractivity contribution in [1.82, 2.24) is 14.4 Å². The van der Waals surface area contributed by atoms with Gasteiger partial charge in [-0.05, 0) is 62.9 Å². The highest BCUT2D eigenvalue weighted by atomic mass is 79.9. The maximum absolute atomic E-state index is 4.36. The van der Waals surface area contributed by atoms with Crippen molar-refractivity contribution in [2.24, 2.45) is 0 Å². The Labute approximate surface area is 139 Å². The molecule has 108 valence electrons. The summed E-state index contributed by atoms with van der Waals surface area (Å²) in [6.45, 7) is 4.89. The summed E-state index contributed by atoms with van der Waals surface area (Å²) < 4.78 is 3.90. The molecular formula is C15H14Br2N4. The molecule has 0 aliphatic rings. The normalized spacial score (nSPS) is 11.0. The third kappa shape index (κ3) is 2.96. The van der Waals surface area contributed by atoms with E-state index in [4.69, 9.17) is 0 Å². The maximum atomic E-state index is 4.36. The summed E-state index contributed by atoms with van der Waals surface area (Å²) in [6, 6.07) is 4.28. The Morgan fingerprint density at radius 2 is 1.95 bits per heavy atom. The minimum atomic E-state index is 0.695. The molecule has 3 aromatic rings. The van der Waals surface area contributed by atoms with E-state index in [-0.39, 0.29) is 0 Å². The number of fused-ring (bicyclic) bond motifs is 1. The number of hydrogen-bond donors (Lipinski definition) is 1. The van der Waals surface area contributed by atoms with Gasteiger partial charge in [0.15, 0.2) is 5.65 Å². The molecule has 2 aromatic heterocycles. The van der Waals surface area contributed by atoms with Crippen molar-refractivity contribution in [3.05, 3.63) is 56.6 Å². The fourth-order valence-corrected chi connectivity index (χ4v) is 3.49. The van der Waals surface area contributed by atoms with Gasteiger partial charge in [0.05, 0.1) is 30.3 Å². The summed E-state index contributed by atoms with van der Waals surface area (Å²) in [5.74, 6) is 0. The molecule has 4 nitrogen and oxygen atoms in total. The van der Waals surface area contributed by atoms with Crippen LogP contribution in [-0.4, -0.2) is 14.4 Å². The fourth-order valence-electron chi connectivity index (χ4n) is 2.37. The average molecular weight is 410 g/mol. The number of nitrogens with one attached hydrogen (secondary N) is 1. The smallest absolute Gasteiger partial charge is 0.155 e. The maximum Gasteiger partial charge on any atom is 0.155 e. The number of halogens is 2. The van der Waals surface area contributed by atoms with Crippen molar-refractivity contribution in [3.8, 4) is 0 Å². The van der Waals surface area contributed by atoms with Crippen LogP contribution < -0.4 is 5.32 Å². The summed E-state index contributed by atoms with van der Waals surface area (Å²) in [6.07, 6.45) is 5.55.